The first kappa shape index (κ1) is 19.6. The minimum absolute atomic E-state index is 0.313. The van der Waals surface area contributed by atoms with Gasteiger partial charge in [-0.3, -0.25) is 0 Å². The number of aryl methyl sites for hydroxylation is 1. The van der Waals surface area contributed by atoms with Gasteiger partial charge in [0.2, 0.25) is 0 Å². The minimum atomic E-state index is -0.313. The summed E-state index contributed by atoms with van der Waals surface area (Å²) in [7, 11) is 1.64. The van der Waals surface area contributed by atoms with Crippen molar-refractivity contribution in [3.8, 4) is 17.1 Å². The molecule has 1 aromatic carbocycles. The Morgan fingerprint density at radius 2 is 1.93 bits per heavy atom. The monoisotopic (exact) mass is 413 g/mol. The molecule has 1 aliphatic rings. The summed E-state index contributed by atoms with van der Waals surface area (Å²) in [6.07, 6.45) is 0. The number of fused-ring (bicyclic) bond motifs is 1. The molecule has 1 fully saturated rings. The van der Waals surface area contributed by atoms with Gasteiger partial charge in [-0.25, -0.2) is 14.8 Å². The van der Waals surface area contributed by atoms with Crippen LogP contribution >= 0.6 is 11.3 Å². The number of carbonyl (C=O) groups is 1. The van der Waals surface area contributed by atoms with E-state index in [9.17, 15) is 4.79 Å². The fourth-order valence-electron chi connectivity index (χ4n) is 3.38. The lowest BCUT2D eigenvalue weighted by atomic mass is 10.1. The van der Waals surface area contributed by atoms with Gasteiger partial charge in [0, 0.05) is 18.7 Å². The third kappa shape index (κ3) is 3.77. The molecule has 1 aliphatic heterocycles. The number of anilines is 1. The molecule has 29 heavy (non-hydrogen) atoms. The van der Waals surface area contributed by atoms with E-state index in [4.69, 9.17) is 24.2 Å². The third-order valence-corrected chi connectivity index (χ3v) is 6.06. The molecule has 2 aromatic heterocycles. The summed E-state index contributed by atoms with van der Waals surface area (Å²) in [5.41, 5.74) is 1.76. The maximum absolute atomic E-state index is 12.4. The summed E-state index contributed by atoms with van der Waals surface area (Å²) in [5, 5.41) is 0.914. The number of nitrogens with zero attached hydrogens (tertiary/aromatic N) is 3. The fourth-order valence-corrected chi connectivity index (χ4v) is 4.45. The van der Waals surface area contributed by atoms with Crippen molar-refractivity contribution in [3.63, 3.8) is 0 Å². The normalized spacial score (nSPS) is 14.2. The van der Waals surface area contributed by atoms with Crippen molar-refractivity contribution in [1.82, 2.24) is 9.97 Å². The number of aromatic nitrogens is 2. The maximum Gasteiger partial charge on any atom is 0.348 e. The van der Waals surface area contributed by atoms with Gasteiger partial charge in [0.1, 0.15) is 21.3 Å². The number of rotatable bonds is 5. The Kier molecular flexibility index (Phi) is 5.64. The summed E-state index contributed by atoms with van der Waals surface area (Å²) >= 11 is 1.36. The van der Waals surface area contributed by atoms with Crippen molar-refractivity contribution in [3.05, 3.63) is 34.7 Å². The molecular weight excluding hydrogens is 390 g/mol. The number of hydrogen-bond donors (Lipinski definition) is 0. The second-order valence-corrected chi connectivity index (χ2v) is 7.65. The quantitative estimate of drug-likeness (QED) is 0.591. The Bertz CT molecular complexity index is 1030. The third-order valence-electron chi connectivity index (χ3n) is 4.89. The van der Waals surface area contributed by atoms with Crippen LogP contribution in [0.4, 0.5) is 5.82 Å². The van der Waals surface area contributed by atoms with Crippen LogP contribution in [-0.2, 0) is 9.47 Å². The molecule has 3 heterocycles. The van der Waals surface area contributed by atoms with Gasteiger partial charge in [-0.1, -0.05) is 0 Å². The van der Waals surface area contributed by atoms with Crippen molar-refractivity contribution in [2.24, 2.45) is 0 Å². The number of thiophene rings is 1. The van der Waals surface area contributed by atoms with E-state index in [1.807, 2.05) is 31.2 Å². The van der Waals surface area contributed by atoms with E-state index in [2.05, 4.69) is 4.90 Å². The Morgan fingerprint density at radius 1 is 1.21 bits per heavy atom. The van der Waals surface area contributed by atoms with Crippen LogP contribution in [0, 0.1) is 6.92 Å². The first-order valence-electron chi connectivity index (χ1n) is 9.57. The SMILES string of the molecule is CCOC(=O)c1sc2nc(-c3ccc(OC)cc3)nc(N3CCOCC3)c2c1C. The van der Waals surface area contributed by atoms with Crippen molar-refractivity contribution >= 4 is 33.3 Å². The molecule has 4 rings (SSSR count). The Labute approximate surface area is 173 Å². The highest BCUT2D eigenvalue weighted by atomic mass is 32.1. The minimum Gasteiger partial charge on any atom is -0.497 e. The average Bonchev–Trinajstić information content (AvgIpc) is 3.10. The molecule has 0 atom stereocenters. The van der Waals surface area contributed by atoms with Crippen molar-refractivity contribution < 1.29 is 19.0 Å². The van der Waals surface area contributed by atoms with E-state index >= 15 is 0 Å². The van der Waals surface area contributed by atoms with E-state index in [-0.39, 0.29) is 5.97 Å². The standard InChI is InChI=1S/C21H23N3O4S/c1-4-28-21(25)17-13(2)16-19(24-9-11-27-12-10-24)22-18(23-20(16)29-17)14-5-7-15(26-3)8-6-14/h5-8H,4,9-12H2,1-3H3. The number of carbonyl (C=O) groups excluding carboxylic acids is 1. The van der Waals surface area contributed by atoms with Crippen LogP contribution in [0.5, 0.6) is 5.75 Å². The predicted octanol–water partition coefficient (Wildman–Crippen LogP) is 3.69. The van der Waals surface area contributed by atoms with E-state index in [1.165, 1.54) is 11.3 Å². The van der Waals surface area contributed by atoms with Gasteiger partial charge in [0.15, 0.2) is 5.82 Å². The zero-order valence-corrected chi connectivity index (χ0v) is 17.5. The summed E-state index contributed by atoms with van der Waals surface area (Å²) in [6.45, 7) is 6.88. The Balaban J connectivity index is 1.88. The topological polar surface area (TPSA) is 73.8 Å². The number of morpholine rings is 1. The zero-order valence-electron chi connectivity index (χ0n) is 16.7. The number of esters is 1. The van der Waals surface area contributed by atoms with Crippen LogP contribution in [0.25, 0.3) is 21.6 Å². The average molecular weight is 413 g/mol. The molecule has 0 radical (unpaired) electrons. The predicted molar refractivity (Wildman–Crippen MR) is 113 cm³/mol. The van der Waals surface area contributed by atoms with Crippen LogP contribution < -0.4 is 9.64 Å². The zero-order chi connectivity index (χ0) is 20.4. The van der Waals surface area contributed by atoms with Crippen LogP contribution in [0.3, 0.4) is 0 Å². The van der Waals surface area contributed by atoms with Crippen molar-refractivity contribution in [2.75, 3.05) is 44.9 Å². The van der Waals surface area contributed by atoms with Crippen LogP contribution in [0.1, 0.15) is 22.2 Å². The van der Waals surface area contributed by atoms with Gasteiger partial charge in [-0.05, 0) is 43.7 Å². The second kappa shape index (κ2) is 8.34. The molecule has 152 valence electrons. The van der Waals surface area contributed by atoms with Gasteiger partial charge >= 0.3 is 5.97 Å². The van der Waals surface area contributed by atoms with Crippen molar-refractivity contribution in [2.45, 2.75) is 13.8 Å². The first-order valence-corrected chi connectivity index (χ1v) is 10.4. The van der Waals surface area contributed by atoms with Gasteiger partial charge in [-0.15, -0.1) is 11.3 Å². The highest BCUT2D eigenvalue weighted by Crippen LogP contribution is 2.37. The van der Waals surface area contributed by atoms with Crippen molar-refractivity contribution in [1.29, 1.82) is 0 Å². The highest BCUT2D eigenvalue weighted by Gasteiger charge is 2.25. The van der Waals surface area contributed by atoms with E-state index < -0.39 is 0 Å². The Morgan fingerprint density at radius 3 is 2.59 bits per heavy atom. The summed E-state index contributed by atoms with van der Waals surface area (Å²) in [4.78, 5) is 25.7. The van der Waals surface area contributed by atoms with Gasteiger partial charge in [0.05, 0.1) is 32.3 Å². The molecule has 0 saturated carbocycles. The Hall–Kier alpha value is -2.71. The highest BCUT2D eigenvalue weighted by molar-refractivity contribution is 7.20. The number of ether oxygens (including phenoxy) is 3. The summed E-state index contributed by atoms with van der Waals surface area (Å²) < 4.78 is 16.0. The smallest absolute Gasteiger partial charge is 0.348 e. The number of hydrogen-bond acceptors (Lipinski definition) is 8. The molecule has 0 aliphatic carbocycles. The largest absolute Gasteiger partial charge is 0.497 e. The van der Waals surface area contributed by atoms with Crippen LogP contribution in [0.15, 0.2) is 24.3 Å². The van der Waals surface area contributed by atoms with Crippen LogP contribution in [0.2, 0.25) is 0 Å². The lowest BCUT2D eigenvalue weighted by Crippen LogP contribution is -2.37. The maximum atomic E-state index is 12.4. The van der Waals surface area contributed by atoms with Gasteiger partial charge in [0.25, 0.3) is 0 Å². The van der Waals surface area contributed by atoms with Crippen LogP contribution in [-0.4, -0.2) is 56.0 Å². The molecule has 0 unspecified atom stereocenters. The van der Waals surface area contributed by atoms with E-state index in [0.29, 0.717) is 30.5 Å². The molecule has 7 nitrogen and oxygen atoms in total. The molecule has 0 N–H and O–H groups in total. The first-order chi connectivity index (χ1) is 14.1. The summed E-state index contributed by atoms with van der Waals surface area (Å²) in [6, 6.07) is 7.66. The number of benzene rings is 1. The molecule has 0 amide bonds. The number of methoxy groups -OCH3 is 1. The molecule has 3 aromatic rings. The lowest BCUT2D eigenvalue weighted by molar-refractivity contribution is 0.0531. The second-order valence-electron chi connectivity index (χ2n) is 6.66. The molecule has 0 spiro atoms. The molecular formula is C21H23N3O4S. The van der Waals surface area contributed by atoms with Gasteiger partial charge in [-0.2, -0.15) is 0 Å². The van der Waals surface area contributed by atoms with E-state index in [0.717, 1.165) is 46.0 Å². The molecule has 1 saturated heterocycles. The molecule has 0 bridgehead atoms. The van der Waals surface area contributed by atoms with E-state index in [1.54, 1.807) is 14.0 Å². The fraction of sp³-hybridized carbons (Fsp3) is 0.381. The lowest BCUT2D eigenvalue weighted by Gasteiger charge is -2.28. The summed E-state index contributed by atoms with van der Waals surface area (Å²) in [5.74, 6) is 1.93. The van der Waals surface area contributed by atoms with Gasteiger partial charge < -0.3 is 19.1 Å². The molecule has 8 heteroatoms.